The van der Waals surface area contributed by atoms with E-state index in [1.165, 1.54) is 0 Å². The van der Waals surface area contributed by atoms with Crippen molar-refractivity contribution in [3.05, 3.63) is 246 Å². The average molecular weight is 1250 g/mol. The summed E-state index contributed by atoms with van der Waals surface area (Å²) in [5.41, 5.74) is 15.1. The van der Waals surface area contributed by atoms with Gasteiger partial charge in [-0.1, -0.05) is 78.9 Å². The Labute approximate surface area is 551 Å². The van der Waals surface area contributed by atoms with Gasteiger partial charge < -0.3 is 9.13 Å². The van der Waals surface area contributed by atoms with Crippen LogP contribution >= 0.6 is 0 Å². The van der Waals surface area contributed by atoms with Crippen LogP contribution in [-0.4, -0.2) is 83.9 Å². The largest absolute Gasteiger partial charge is 0.309 e. The van der Waals surface area contributed by atoms with Crippen LogP contribution in [0.15, 0.2) is 194 Å². The first-order valence-electron chi connectivity index (χ1n) is 31.3. The number of nitriles is 1. The van der Waals surface area contributed by atoms with Gasteiger partial charge in [0.25, 0.3) is 0 Å². The van der Waals surface area contributed by atoms with E-state index in [-0.39, 0.29) is 0 Å². The molecule has 0 amide bonds. The normalized spacial score (nSPS) is 11.5. The van der Waals surface area contributed by atoms with Crippen LogP contribution in [0.2, 0.25) is 0 Å². The van der Waals surface area contributed by atoms with E-state index in [9.17, 15) is 5.26 Å². The zero-order chi connectivity index (χ0) is 65.5. The smallest absolute Gasteiger partial charge is 0.164 e. The number of hydrogen-bond acceptors (Lipinski definition) is 16. The van der Waals surface area contributed by atoms with E-state index >= 15 is 0 Å². The molecule has 0 saturated carbocycles. The van der Waals surface area contributed by atoms with E-state index in [0.717, 1.165) is 116 Å². The molecular weight excluding hydrogens is 1190 g/mol. The van der Waals surface area contributed by atoms with Crippen LogP contribution in [0, 0.1) is 66.7 Å². The van der Waals surface area contributed by atoms with Crippen LogP contribution in [0.3, 0.4) is 0 Å². The maximum absolute atomic E-state index is 10.4. The van der Waals surface area contributed by atoms with Crippen molar-refractivity contribution in [3.63, 3.8) is 0 Å². The minimum Gasteiger partial charge on any atom is -0.309 e. The van der Waals surface area contributed by atoms with Gasteiger partial charge in [0.1, 0.15) is 46.6 Å². The third-order valence-corrected chi connectivity index (χ3v) is 17.0. The topological polar surface area (TPSA) is 227 Å². The standard InChI is InChI=1S/C78H56N18/c1-42-80-43(2)85-74(84-42)55-23-29-68-62(36-55)63-37-56(75-86-44(3)81-45(4)87-75)24-30-69(63)95(68)66-28-22-54(53-21-15-16-50(34-53)41-79)35-60(66)61-40-59(78-93-72(51-17-11-9-12-18-51)92-73(94-78)52-19-13-10-14-20-52)27-33-67(61)96-70-31-25-57(76-88-46(5)82-47(6)89-76)38-64(70)65-39-58(26-32-71(65)96)77-90-48(7)83-49(8)91-77/h9-40H,1-8H3. The maximum atomic E-state index is 10.4. The lowest BCUT2D eigenvalue weighted by Crippen LogP contribution is -2.04. The fraction of sp³-hybridized carbons (Fsp3) is 0.103. The Morgan fingerprint density at radius 1 is 0.240 bits per heavy atom. The van der Waals surface area contributed by atoms with Gasteiger partial charge >= 0.3 is 0 Å². The van der Waals surface area contributed by atoms with E-state index in [1.54, 1.807) is 0 Å². The van der Waals surface area contributed by atoms with Crippen molar-refractivity contribution in [1.29, 1.82) is 5.26 Å². The minimum atomic E-state index is 0.474. The van der Waals surface area contributed by atoms with Crippen molar-refractivity contribution in [3.8, 4) is 119 Å². The second-order valence-corrected chi connectivity index (χ2v) is 23.8. The van der Waals surface area contributed by atoms with E-state index < -0.39 is 0 Å². The first-order chi connectivity index (χ1) is 46.7. The summed E-state index contributed by atoms with van der Waals surface area (Å²) in [6.45, 7) is 15.1. The number of aryl methyl sites for hydroxylation is 8. The van der Waals surface area contributed by atoms with E-state index in [2.05, 4.69) is 144 Å². The molecule has 458 valence electrons. The summed E-state index contributed by atoms with van der Waals surface area (Å²) < 4.78 is 4.66. The third kappa shape index (κ3) is 10.7. The van der Waals surface area contributed by atoms with Gasteiger partial charge in [-0.15, -0.1) is 0 Å². The molecule has 7 aromatic heterocycles. The maximum Gasteiger partial charge on any atom is 0.164 e. The van der Waals surface area contributed by atoms with E-state index in [4.69, 9.17) is 54.8 Å². The molecule has 18 nitrogen and oxygen atoms in total. The Kier molecular flexibility index (Phi) is 14.2. The van der Waals surface area contributed by atoms with Crippen molar-refractivity contribution in [2.45, 2.75) is 55.4 Å². The van der Waals surface area contributed by atoms with E-state index in [0.29, 0.717) is 92.9 Å². The number of hydrogen-bond donors (Lipinski definition) is 0. The monoisotopic (exact) mass is 1240 g/mol. The van der Waals surface area contributed by atoms with Gasteiger partial charge in [-0.2, -0.15) is 5.26 Å². The summed E-state index contributed by atoms with van der Waals surface area (Å²) in [5, 5.41) is 14.2. The molecule has 0 saturated heterocycles. The molecule has 0 aliphatic rings. The number of fused-ring (bicyclic) bond motifs is 6. The van der Waals surface area contributed by atoms with Crippen molar-refractivity contribution in [2.75, 3.05) is 0 Å². The molecule has 0 aliphatic heterocycles. The summed E-state index contributed by atoms with van der Waals surface area (Å²) in [6.07, 6.45) is 0. The van der Waals surface area contributed by atoms with Crippen LogP contribution < -0.4 is 0 Å². The molecular formula is C78H56N18. The molecule has 16 aromatic rings. The zero-order valence-corrected chi connectivity index (χ0v) is 53.5. The van der Waals surface area contributed by atoms with Gasteiger partial charge in [0.15, 0.2) is 40.8 Å². The number of benzene rings is 9. The fourth-order valence-electron chi connectivity index (χ4n) is 13.0. The molecule has 0 N–H and O–H groups in total. The summed E-state index contributed by atoms with van der Waals surface area (Å²) in [6, 6.07) is 68.7. The van der Waals surface area contributed by atoms with Crippen LogP contribution in [-0.2, 0) is 0 Å². The highest BCUT2D eigenvalue weighted by atomic mass is 15.1. The molecule has 7 heterocycles. The van der Waals surface area contributed by atoms with Gasteiger partial charge in [0.05, 0.1) is 45.1 Å². The molecule has 0 radical (unpaired) electrons. The highest BCUT2D eigenvalue weighted by molar-refractivity contribution is 6.14. The van der Waals surface area contributed by atoms with E-state index in [1.807, 2.05) is 140 Å². The lowest BCUT2D eigenvalue weighted by atomic mass is 9.93. The fourth-order valence-corrected chi connectivity index (χ4v) is 13.0. The van der Waals surface area contributed by atoms with Crippen molar-refractivity contribution >= 4 is 43.6 Å². The lowest BCUT2D eigenvalue weighted by Gasteiger charge is -2.21. The highest BCUT2D eigenvalue weighted by Gasteiger charge is 2.26. The Morgan fingerprint density at radius 3 is 0.854 bits per heavy atom. The number of rotatable bonds is 11. The molecule has 0 fully saturated rings. The highest BCUT2D eigenvalue weighted by Crippen LogP contribution is 2.46. The first kappa shape index (κ1) is 58.2. The minimum absolute atomic E-state index is 0.474. The van der Waals surface area contributed by atoms with Crippen molar-refractivity contribution in [2.24, 2.45) is 0 Å². The summed E-state index contributed by atoms with van der Waals surface area (Å²) >= 11 is 0. The number of aromatic nitrogens is 17. The zero-order valence-electron chi connectivity index (χ0n) is 53.5. The third-order valence-electron chi connectivity index (χ3n) is 17.0. The predicted octanol–water partition coefficient (Wildman–Crippen LogP) is 16.1. The predicted molar refractivity (Wildman–Crippen MR) is 374 cm³/mol. The quantitative estimate of drug-likeness (QED) is 0.117. The molecule has 0 unspecified atom stereocenters. The average Bonchev–Trinajstić information content (AvgIpc) is 1.54. The Bertz CT molecular complexity index is 5560. The molecule has 9 aromatic carbocycles. The summed E-state index contributed by atoms with van der Waals surface area (Å²) in [5.74, 6) is 8.81. The van der Waals surface area contributed by atoms with Gasteiger partial charge in [-0.3, -0.25) is 0 Å². The molecule has 18 heteroatoms. The van der Waals surface area contributed by atoms with Crippen molar-refractivity contribution < 1.29 is 0 Å². The summed E-state index contributed by atoms with van der Waals surface area (Å²) in [7, 11) is 0. The molecule has 96 heavy (non-hydrogen) atoms. The Balaban J connectivity index is 1.03. The lowest BCUT2D eigenvalue weighted by molar-refractivity contribution is 0.928. The van der Waals surface area contributed by atoms with Crippen molar-refractivity contribution in [1.82, 2.24) is 83.9 Å². The van der Waals surface area contributed by atoms with Crippen LogP contribution in [0.4, 0.5) is 0 Å². The van der Waals surface area contributed by atoms with Gasteiger partial charge in [-0.25, -0.2) is 74.8 Å². The van der Waals surface area contributed by atoms with Crippen LogP contribution in [0.5, 0.6) is 0 Å². The molecule has 0 spiro atoms. The van der Waals surface area contributed by atoms with Gasteiger partial charge in [-0.05, 0) is 182 Å². The van der Waals surface area contributed by atoms with Gasteiger partial charge in [0.2, 0.25) is 0 Å². The van der Waals surface area contributed by atoms with Crippen LogP contribution in [0.1, 0.15) is 52.2 Å². The van der Waals surface area contributed by atoms with Gasteiger partial charge in [0, 0.05) is 71.6 Å². The second-order valence-electron chi connectivity index (χ2n) is 23.8. The first-order valence-corrected chi connectivity index (χ1v) is 31.3. The molecule has 0 atom stereocenters. The molecule has 16 rings (SSSR count). The molecule has 0 bridgehead atoms. The molecule has 0 aliphatic carbocycles. The number of nitrogens with zero attached hydrogens (tertiary/aromatic N) is 18. The Morgan fingerprint density at radius 2 is 0.510 bits per heavy atom. The van der Waals surface area contributed by atoms with Crippen LogP contribution in [0.25, 0.3) is 157 Å². The SMILES string of the molecule is Cc1nc(C)nc(-c2ccc3c(c2)c2cc(-c4nc(C)nc(C)n4)ccc2n3-c2ccc(-c3cccc(C#N)c3)cc2-c2cc(-c3nc(-c4ccccc4)nc(-c4ccccc4)n3)ccc2-n2c3ccc(-c4nc(C)nc(C)n4)cc3c3cc(-c4nc(C)nc(C)n4)ccc32)n1. The Hall–Kier alpha value is -12.9. The second kappa shape index (κ2) is 23.4. The summed E-state index contributed by atoms with van der Waals surface area (Å²) in [4.78, 5) is 72.7.